The number of aromatic amines is 1. The van der Waals surface area contributed by atoms with Crippen molar-refractivity contribution in [3.8, 4) is 0 Å². The molecule has 0 fully saturated rings. The summed E-state index contributed by atoms with van der Waals surface area (Å²) >= 11 is 0. The van der Waals surface area contributed by atoms with Gasteiger partial charge in [0.05, 0.1) is 0 Å². The lowest BCUT2D eigenvalue weighted by molar-refractivity contribution is 0.309. The topological polar surface area (TPSA) is 31.1 Å². The summed E-state index contributed by atoms with van der Waals surface area (Å²) in [5.74, 6) is 0. The summed E-state index contributed by atoms with van der Waals surface area (Å²) in [6, 6.07) is 9.07. The molecule has 0 radical (unpaired) electrons. The molecule has 0 aliphatic carbocycles. The highest BCUT2D eigenvalue weighted by molar-refractivity contribution is 5.82. The molecule has 0 aliphatic heterocycles. The number of nitrogens with zero attached hydrogens (tertiary/aromatic N) is 1. The highest BCUT2D eigenvalue weighted by Gasteiger charge is 2.06. The Labute approximate surface area is 109 Å². The zero-order chi connectivity index (χ0) is 13.0. The van der Waals surface area contributed by atoms with Crippen LogP contribution in [-0.4, -0.2) is 36.1 Å². The Hall–Kier alpha value is -1.32. The van der Waals surface area contributed by atoms with E-state index in [9.17, 15) is 0 Å². The molecule has 0 saturated heterocycles. The zero-order valence-electron chi connectivity index (χ0n) is 11.5. The van der Waals surface area contributed by atoms with Crippen molar-refractivity contribution in [3.63, 3.8) is 0 Å². The third-order valence-electron chi connectivity index (χ3n) is 3.45. The molecule has 1 aromatic carbocycles. The average Bonchev–Trinajstić information content (AvgIpc) is 2.84. The van der Waals surface area contributed by atoms with Crippen LogP contribution in [0.2, 0.25) is 0 Å². The molecule has 1 unspecified atom stereocenters. The van der Waals surface area contributed by atoms with Crippen molar-refractivity contribution in [2.24, 2.45) is 0 Å². The third-order valence-corrected chi connectivity index (χ3v) is 3.45. The van der Waals surface area contributed by atoms with Gasteiger partial charge in [-0.2, -0.15) is 0 Å². The van der Waals surface area contributed by atoms with Gasteiger partial charge in [-0.25, -0.2) is 0 Å². The predicted octanol–water partition coefficient (Wildman–Crippen LogP) is 2.60. The van der Waals surface area contributed by atoms with E-state index in [-0.39, 0.29) is 0 Å². The van der Waals surface area contributed by atoms with Crippen molar-refractivity contribution >= 4 is 10.9 Å². The third kappa shape index (κ3) is 3.12. The highest BCUT2D eigenvalue weighted by Crippen LogP contribution is 2.17. The molecule has 1 aromatic heterocycles. The minimum atomic E-state index is 0.504. The molecule has 98 valence electrons. The predicted molar refractivity (Wildman–Crippen MR) is 77.8 cm³/mol. The second kappa shape index (κ2) is 6.03. The van der Waals surface area contributed by atoms with Crippen LogP contribution in [0, 0.1) is 0 Å². The van der Waals surface area contributed by atoms with Gasteiger partial charge in [-0.1, -0.05) is 19.1 Å². The quantitative estimate of drug-likeness (QED) is 0.819. The van der Waals surface area contributed by atoms with Crippen molar-refractivity contribution in [2.75, 3.05) is 20.1 Å². The van der Waals surface area contributed by atoms with Crippen molar-refractivity contribution in [3.05, 3.63) is 36.0 Å². The number of hydrogen-bond acceptors (Lipinski definition) is 2. The van der Waals surface area contributed by atoms with Crippen LogP contribution in [0.5, 0.6) is 0 Å². The molecule has 2 N–H and O–H groups in total. The van der Waals surface area contributed by atoms with Crippen LogP contribution in [0.1, 0.15) is 19.4 Å². The Morgan fingerprint density at radius 2 is 2.17 bits per heavy atom. The van der Waals surface area contributed by atoms with Crippen molar-refractivity contribution < 1.29 is 0 Å². The molecule has 0 aliphatic rings. The molecular weight excluding hydrogens is 222 g/mol. The number of H-pyrrole nitrogens is 1. The summed E-state index contributed by atoms with van der Waals surface area (Å²) in [4.78, 5) is 5.58. The second-order valence-corrected chi connectivity index (χ2v) is 4.99. The molecular formula is C15H23N3. The van der Waals surface area contributed by atoms with E-state index in [1.54, 1.807) is 0 Å². The first-order valence-electron chi connectivity index (χ1n) is 6.67. The lowest BCUT2D eigenvalue weighted by atomic mass is 10.1. The molecule has 3 heteroatoms. The van der Waals surface area contributed by atoms with Gasteiger partial charge in [-0.05, 0) is 38.2 Å². The number of fused-ring (bicyclic) bond motifs is 1. The van der Waals surface area contributed by atoms with Crippen molar-refractivity contribution in [1.82, 2.24) is 15.2 Å². The smallest absolute Gasteiger partial charge is 0.0457 e. The van der Waals surface area contributed by atoms with E-state index in [2.05, 4.69) is 60.4 Å². The van der Waals surface area contributed by atoms with Gasteiger partial charge in [-0.3, -0.25) is 0 Å². The summed E-state index contributed by atoms with van der Waals surface area (Å²) in [5.41, 5.74) is 2.58. The van der Waals surface area contributed by atoms with Gasteiger partial charge < -0.3 is 15.2 Å². The SMILES string of the molecule is CCN(C)CC(C)NCc1cccc2[nH]ccc12. The summed E-state index contributed by atoms with van der Waals surface area (Å²) in [5, 5.41) is 4.91. The van der Waals surface area contributed by atoms with Crippen LogP contribution in [0.15, 0.2) is 30.5 Å². The minimum Gasteiger partial charge on any atom is -0.361 e. The first-order valence-corrected chi connectivity index (χ1v) is 6.67. The fourth-order valence-electron chi connectivity index (χ4n) is 2.25. The van der Waals surface area contributed by atoms with Gasteiger partial charge >= 0.3 is 0 Å². The summed E-state index contributed by atoms with van der Waals surface area (Å²) in [7, 11) is 2.16. The van der Waals surface area contributed by atoms with Crippen LogP contribution in [0.25, 0.3) is 10.9 Å². The zero-order valence-corrected chi connectivity index (χ0v) is 11.5. The van der Waals surface area contributed by atoms with Crippen LogP contribution in [0.4, 0.5) is 0 Å². The fraction of sp³-hybridized carbons (Fsp3) is 0.467. The number of rotatable bonds is 6. The Balaban J connectivity index is 1.95. The number of aromatic nitrogens is 1. The van der Waals surface area contributed by atoms with Gasteiger partial charge in [0.25, 0.3) is 0 Å². The van der Waals surface area contributed by atoms with Crippen LogP contribution < -0.4 is 5.32 Å². The molecule has 1 atom stereocenters. The molecule has 2 rings (SSSR count). The number of nitrogens with one attached hydrogen (secondary N) is 2. The molecule has 18 heavy (non-hydrogen) atoms. The first kappa shape index (κ1) is 13.1. The summed E-state index contributed by atoms with van der Waals surface area (Å²) < 4.78 is 0. The number of benzene rings is 1. The Kier molecular flexibility index (Phi) is 4.39. The van der Waals surface area contributed by atoms with Gasteiger partial charge in [0, 0.05) is 36.2 Å². The summed E-state index contributed by atoms with van der Waals surface area (Å²) in [6.45, 7) is 7.53. The lowest BCUT2D eigenvalue weighted by Gasteiger charge is -2.20. The van der Waals surface area contributed by atoms with Crippen molar-refractivity contribution in [2.45, 2.75) is 26.4 Å². The average molecular weight is 245 g/mol. The van der Waals surface area contributed by atoms with Gasteiger partial charge in [0.15, 0.2) is 0 Å². The van der Waals surface area contributed by atoms with Gasteiger partial charge in [0.2, 0.25) is 0 Å². The lowest BCUT2D eigenvalue weighted by Crippen LogP contribution is -2.36. The molecule has 3 nitrogen and oxygen atoms in total. The monoisotopic (exact) mass is 245 g/mol. The van der Waals surface area contributed by atoms with Gasteiger partial charge in [0.1, 0.15) is 0 Å². The second-order valence-electron chi connectivity index (χ2n) is 4.99. The number of hydrogen-bond donors (Lipinski definition) is 2. The minimum absolute atomic E-state index is 0.504. The molecule has 0 spiro atoms. The maximum absolute atomic E-state index is 3.59. The normalized spacial score (nSPS) is 13.3. The standard InChI is InChI=1S/C15H23N3/c1-4-18(3)11-12(2)17-10-13-6-5-7-15-14(13)8-9-16-15/h5-9,12,16-17H,4,10-11H2,1-3H3. The van der Waals surface area contributed by atoms with E-state index in [4.69, 9.17) is 0 Å². The molecule has 0 bridgehead atoms. The Morgan fingerprint density at radius 3 is 2.94 bits per heavy atom. The number of likely N-dealkylation sites (N-methyl/N-ethyl adjacent to an activating group) is 1. The molecule has 0 saturated carbocycles. The highest BCUT2D eigenvalue weighted by atomic mass is 15.1. The van der Waals surface area contributed by atoms with E-state index in [0.717, 1.165) is 19.6 Å². The molecule has 2 aromatic rings. The van der Waals surface area contributed by atoms with E-state index < -0.39 is 0 Å². The Morgan fingerprint density at radius 1 is 1.33 bits per heavy atom. The van der Waals surface area contributed by atoms with Crippen molar-refractivity contribution in [1.29, 1.82) is 0 Å². The molecule has 0 amide bonds. The van der Waals surface area contributed by atoms with Crippen LogP contribution in [-0.2, 0) is 6.54 Å². The fourth-order valence-corrected chi connectivity index (χ4v) is 2.25. The van der Waals surface area contributed by atoms with Crippen LogP contribution >= 0.6 is 0 Å². The summed E-state index contributed by atoms with van der Waals surface area (Å²) in [6.07, 6.45) is 2.00. The largest absolute Gasteiger partial charge is 0.361 e. The van der Waals surface area contributed by atoms with Gasteiger partial charge in [-0.15, -0.1) is 0 Å². The van der Waals surface area contributed by atoms with E-state index >= 15 is 0 Å². The maximum atomic E-state index is 3.59. The van der Waals surface area contributed by atoms with E-state index in [1.165, 1.54) is 16.5 Å². The first-order chi connectivity index (χ1) is 8.70. The Bertz CT molecular complexity index is 489. The van der Waals surface area contributed by atoms with E-state index in [0.29, 0.717) is 6.04 Å². The van der Waals surface area contributed by atoms with Crippen LogP contribution in [0.3, 0.4) is 0 Å². The molecule has 1 heterocycles. The van der Waals surface area contributed by atoms with E-state index in [1.807, 2.05) is 6.20 Å². The maximum Gasteiger partial charge on any atom is 0.0457 e.